The van der Waals surface area contributed by atoms with Crippen molar-refractivity contribution in [3.63, 3.8) is 0 Å². The summed E-state index contributed by atoms with van der Waals surface area (Å²) < 4.78 is 86.1. The first-order chi connectivity index (χ1) is 16.8. The van der Waals surface area contributed by atoms with Crippen LogP contribution in [-0.2, 0) is 23.7 Å². The summed E-state index contributed by atoms with van der Waals surface area (Å²) in [5, 5.41) is 13.9. The van der Waals surface area contributed by atoms with Crippen molar-refractivity contribution < 1.29 is 40.8 Å². The summed E-state index contributed by atoms with van der Waals surface area (Å²) in [6, 6.07) is 5.97. The largest absolute Gasteiger partial charge is 0.481 e. The van der Waals surface area contributed by atoms with Gasteiger partial charge in [0.1, 0.15) is 0 Å². The molecule has 3 heterocycles. The lowest BCUT2D eigenvalue weighted by atomic mass is 10.00. The minimum Gasteiger partial charge on any atom is -0.481 e. The first-order valence-corrected chi connectivity index (χ1v) is 10.9. The van der Waals surface area contributed by atoms with Gasteiger partial charge in [-0.05, 0) is 42.8 Å². The van der Waals surface area contributed by atoms with E-state index >= 15 is 0 Å². The highest BCUT2D eigenvalue weighted by molar-refractivity contribution is 6.36. The maximum Gasteiger partial charge on any atom is 0.416 e. The predicted octanol–water partition coefficient (Wildman–Crippen LogP) is 7.01. The molecule has 36 heavy (non-hydrogen) atoms. The second-order valence-corrected chi connectivity index (χ2v) is 8.76. The molecule has 0 spiro atoms. The van der Waals surface area contributed by atoms with Crippen molar-refractivity contribution in [2.75, 3.05) is 0 Å². The first kappa shape index (κ1) is 24.2. The lowest BCUT2D eigenvalue weighted by molar-refractivity contribution is -0.143. The van der Waals surface area contributed by atoms with E-state index in [-0.39, 0.29) is 24.2 Å². The number of carbonyl (C=O) groups is 1. The van der Waals surface area contributed by atoms with Gasteiger partial charge in [0.05, 0.1) is 22.6 Å². The molecule has 1 atom stereocenters. The average molecular weight is 530 g/mol. The molecule has 0 saturated heterocycles. The van der Waals surface area contributed by atoms with Crippen LogP contribution in [-0.4, -0.2) is 25.8 Å². The zero-order valence-electron chi connectivity index (χ0n) is 17.9. The Morgan fingerprint density at radius 1 is 1.06 bits per heavy atom. The Balaban J connectivity index is 1.55. The van der Waals surface area contributed by atoms with Crippen molar-refractivity contribution in [3.8, 4) is 22.8 Å². The highest BCUT2D eigenvalue weighted by Gasteiger charge is 2.37. The number of alkyl halides is 6. The molecular formula is C23H14ClF6N3O3. The number of aromatic nitrogens is 3. The number of carboxylic acids is 1. The van der Waals surface area contributed by atoms with Crippen LogP contribution < -0.4 is 0 Å². The molecule has 0 saturated carbocycles. The van der Waals surface area contributed by atoms with Crippen LogP contribution in [0.4, 0.5) is 26.3 Å². The third-order valence-corrected chi connectivity index (χ3v) is 6.46. The molecule has 0 amide bonds. The van der Waals surface area contributed by atoms with Gasteiger partial charge in [0.25, 0.3) is 5.89 Å². The predicted molar refractivity (Wildman–Crippen MR) is 115 cm³/mol. The van der Waals surface area contributed by atoms with Crippen LogP contribution in [0, 0.1) is 0 Å². The smallest absolute Gasteiger partial charge is 0.416 e. The van der Waals surface area contributed by atoms with Crippen LogP contribution in [0.25, 0.3) is 33.7 Å². The van der Waals surface area contributed by atoms with Gasteiger partial charge in [0, 0.05) is 40.2 Å². The van der Waals surface area contributed by atoms with Gasteiger partial charge >= 0.3 is 18.3 Å². The van der Waals surface area contributed by atoms with Gasteiger partial charge in [-0.15, -0.1) is 0 Å². The van der Waals surface area contributed by atoms with Gasteiger partial charge in [0.2, 0.25) is 5.82 Å². The minimum atomic E-state index is -5.02. The Morgan fingerprint density at radius 2 is 1.72 bits per heavy atom. The van der Waals surface area contributed by atoms with Crippen LogP contribution in [0.5, 0.6) is 0 Å². The molecule has 1 unspecified atom stereocenters. The molecule has 188 valence electrons. The Labute approximate surface area is 203 Å². The molecule has 1 aliphatic rings. The monoisotopic (exact) mass is 529 g/mol. The summed E-state index contributed by atoms with van der Waals surface area (Å²) >= 11 is 6.57. The minimum absolute atomic E-state index is 0.0145. The summed E-state index contributed by atoms with van der Waals surface area (Å²) in [4.78, 5) is 15.2. The van der Waals surface area contributed by atoms with Crippen LogP contribution in [0.15, 0.2) is 40.9 Å². The number of rotatable bonds is 4. The van der Waals surface area contributed by atoms with E-state index in [1.807, 2.05) is 4.57 Å². The maximum absolute atomic E-state index is 13.2. The van der Waals surface area contributed by atoms with Crippen LogP contribution in [0.3, 0.4) is 0 Å². The number of fused-ring (bicyclic) bond motifs is 3. The number of benzene rings is 2. The molecule has 5 rings (SSSR count). The molecule has 0 bridgehead atoms. The zero-order chi connectivity index (χ0) is 26.0. The van der Waals surface area contributed by atoms with E-state index in [0.717, 1.165) is 5.52 Å². The second kappa shape index (κ2) is 8.26. The molecule has 6 nitrogen and oxygen atoms in total. The number of aliphatic carboxylic acids is 1. The molecule has 1 N–H and O–H groups in total. The van der Waals surface area contributed by atoms with Gasteiger partial charge in [-0.25, -0.2) is 0 Å². The van der Waals surface area contributed by atoms with E-state index in [1.54, 1.807) is 18.2 Å². The lowest BCUT2D eigenvalue weighted by Crippen LogP contribution is -2.11. The Hall–Kier alpha value is -3.54. The average Bonchev–Trinajstić information content (AvgIpc) is 3.49. The van der Waals surface area contributed by atoms with Crippen LogP contribution >= 0.6 is 11.6 Å². The summed E-state index contributed by atoms with van der Waals surface area (Å²) in [5.41, 5.74) is -1.72. The SMILES string of the molecule is O=C(O)CC1CCn2c1c(Cl)c1cc(-c3noc(-c4cc(C(F)(F)F)cc(C(F)(F)F)c4)n3)ccc12. The van der Waals surface area contributed by atoms with Gasteiger partial charge < -0.3 is 14.2 Å². The van der Waals surface area contributed by atoms with Crippen molar-refractivity contribution in [3.05, 3.63) is 58.2 Å². The van der Waals surface area contributed by atoms with E-state index in [2.05, 4.69) is 10.1 Å². The van der Waals surface area contributed by atoms with Crippen LogP contribution in [0.2, 0.25) is 5.02 Å². The topological polar surface area (TPSA) is 81.1 Å². The fourth-order valence-corrected chi connectivity index (χ4v) is 4.89. The summed E-state index contributed by atoms with van der Waals surface area (Å²) in [6.45, 7) is 0.583. The fraction of sp³-hybridized carbons (Fsp3) is 0.261. The maximum atomic E-state index is 13.2. The number of hydrogen-bond acceptors (Lipinski definition) is 4. The number of halogens is 7. The molecule has 0 radical (unpaired) electrons. The number of aryl methyl sites for hydroxylation is 1. The quantitative estimate of drug-likeness (QED) is 0.288. The van der Waals surface area contributed by atoms with Gasteiger partial charge in [0.15, 0.2) is 0 Å². The third kappa shape index (κ3) is 4.19. The zero-order valence-corrected chi connectivity index (χ0v) is 18.7. The Kier molecular flexibility index (Phi) is 5.54. The molecule has 1 aliphatic heterocycles. The molecule has 2 aromatic carbocycles. The molecule has 2 aromatic heterocycles. The Morgan fingerprint density at radius 3 is 2.33 bits per heavy atom. The third-order valence-electron chi connectivity index (χ3n) is 6.07. The van der Waals surface area contributed by atoms with Crippen molar-refractivity contribution in [1.82, 2.24) is 14.7 Å². The van der Waals surface area contributed by atoms with Crippen LogP contribution in [0.1, 0.15) is 35.6 Å². The van der Waals surface area contributed by atoms with Gasteiger partial charge in [-0.1, -0.05) is 16.8 Å². The van der Waals surface area contributed by atoms with Crippen molar-refractivity contribution in [2.24, 2.45) is 0 Å². The fourth-order valence-electron chi connectivity index (χ4n) is 4.48. The standard InChI is InChI=1S/C23H14ClF6N3O3/c24-18-15-7-11(1-2-16(15)33-4-3-10(19(18)33)8-17(34)35)20-31-21(36-32-20)12-5-13(22(25,26)27)9-14(6-12)23(28,29)30/h1-2,5-7,9-10H,3-4,8H2,(H,34,35). The second-order valence-electron chi connectivity index (χ2n) is 8.38. The van der Waals surface area contributed by atoms with E-state index in [4.69, 9.17) is 16.1 Å². The highest BCUT2D eigenvalue weighted by atomic mass is 35.5. The molecule has 0 fully saturated rings. The number of carboxylic acid groups (broad SMARTS) is 1. The van der Waals surface area contributed by atoms with E-state index in [1.165, 1.54) is 0 Å². The van der Waals surface area contributed by atoms with E-state index in [0.29, 0.717) is 46.8 Å². The molecule has 4 aromatic rings. The highest BCUT2D eigenvalue weighted by Crippen LogP contribution is 2.44. The molecule has 13 heteroatoms. The first-order valence-electron chi connectivity index (χ1n) is 10.5. The summed E-state index contributed by atoms with van der Waals surface area (Å²) in [7, 11) is 0. The molecular weight excluding hydrogens is 516 g/mol. The van der Waals surface area contributed by atoms with Gasteiger partial charge in [-0.2, -0.15) is 31.3 Å². The lowest BCUT2D eigenvalue weighted by Gasteiger charge is -2.12. The summed E-state index contributed by atoms with van der Waals surface area (Å²) in [5.74, 6) is -1.79. The van der Waals surface area contributed by atoms with Crippen molar-refractivity contribution in [1.29, 1.82) is 0 Å². The van der Waals surface area contributed by atoms with E-state index < -0.39 is 40.9 Å². The normalized spacial score (nSPS) is 16.0. The molecule has 0 aliphatic carbocycles. The Bertz CT molecular complexity index is 1470. The van der Waals surface area contributed by atoms with Gasteiger partial charge in [-0.3, -0.25) is 4.79 Å². The van der Waals surface area contributed by atoms with Crippen molar-refractivity contribution in [2.45, 2.75) is 37.7 Å². The number of hydrogen-bond donors (Lipinski definition) is 1. The summed E-state index contributed by atoms with van der Waals surface area (Å²) in [6.07, 6.45) is -9.48. The van der Waals surface area contributed by atoms with Crippen molar-refractivity contribution >= 4 is 28.5 Å². The van der Waals surface area contributed by atoms with E-state index in [9.17, 15) is 36.2 Å². The number of nitrogens with zero attached hydrogens (tertiary/aromatic N) is 3.